The van der Waals surface area contributed by atoms with Crippen molar-refractivity contribution in [3.63, 3.8) is 0 Å². The van der Waals surface area contributed by atoms with Gasteiger partial charge in [0.05, 0.1) is 71.2 Å². The number of hydrogen-bond acceptors (Lipinski definition) is 20. The Balaban J connectivity index is 0.0000000954. The maximum atomic E-state index is 12.7. The van der Waals surface area contributed by atoms with Gasteiger partial charge in [-0.3, -0.25) is 49.4 Å². The van der Waals surface area contributed by atoms with E-state index in [1.54, 1.807) is 29.9 Å². The van der Waals surface area contributed by atoms with Crippen LogP contribution in [0.25, 0.3) is 87.9 Å². The number of nitrogens with one attached hydrogen (secondary N) is 10. The Labute approximate surface area is 538 Å². The van der Waals surface area contributed by atoms with Crippen LogP contribution < -0.4 is 32.9 Å². The van der Waals surface area contributed by atoms with Crippen molar-refractivity contribution >= 4 is 54.9 Å². The Hall–Kier alpha value is -9.22. The van der Waals surface area contributed by atoms with Crippen molar-refractivity contribution in [1.82, 2.24) is 101 Å². The summed E-state index contributed by atoms with van der Waals surface area (Å²) in [5, 5.41) is 35.5. The van der Waals surface area contributed by atoms with Gasteiger partial charge in [0.2, 0.25) is 16.7 Å². The molecule has 27 nitrogen and oxygen atoms in total. The van der Waals surface area contributed by atoms with Crippen LogP contribution >= 0.6 is 11.3 Å². The molecule has 12 aromatic rings. The monoisotopic (exact) mass is 1290 g/mol. The van der Waals surface area contributed by atoms with Gasteiger partial charge < -0.3 is 43.8 Å². The molecule has 20 rings (SSSR count). The second kappa shape index (κ2) is 24.0. The van der Waals surface area contributed by atoms with E-state index in [1.165, 1.54) is 16.1 Å². The number of nitrogens with zero attached hydrogens (tertiary/aromatic N) is 10. The number of likely N-dealkylation sites (tertiary alicyclic amines) is 2. The lowest BCUT2D eigenvalue weighted by atomic mass is 10.1. The third kappa shape index (κ3) is 10.2. The van der Waals surface area contributed by atoms with Gasteiger partial charge in [0.25, 0.3) is 22.2 Å². The number of H-pyrrole nitrogens is 8. The maximum absolute atomic E-state index is 12.7. The molecule has 4 atom stereocenters. The molecule has 0 spiro atoms. The standard InChI is InChI=1S/C17H19N5O2.C17H19N5OS.2C16H17N5O2/c2*1-22-7-3-6-12(22)16-19-13-9-4-2-5-11-10(8-18-21-11)14(9)24-15(13)17(23)20-16;2*22-16-14-12(19-15(20-16)11-5-2-6-17-11)8-3-1-4-10-9(7-18-21-10)13(8)23-14/h2*8,12H,2-7H2,1H3,(H,18,21)(H,19,20,23);2*7,11,17H,1-6H2,(H,18,21)(H,19,20,22)/t2*12-;2*11-/m0110/s1. The fourth-order valence-corrected chi connectivity index (χ4v) is 16.8. The highest BCUT2D eigenvalue weighted by atomic mass is 32.1. The Morgan fingerprint density at radius 2 is 0.787 bits per heavy atom. The lowest BCUT2D eigenvalue weighted by Gasteiger charge is -2.18. The molecule has 0 unspecified atom stereocenters. The predicted octanol–water partition coefficient (Wildman–Crippen LogP) is 8.43. The summed E-state index contributed by atoms with van der Waals surface area (Å²) in [6, 6.07) is 0.677. The normalized spacial score (nSPS) is 20.7. The summed E-state index contributed by atoms with van der Waals surface area (Å²) < 4.78 is 18.5. The van der Waals surface area contributed by atoms with Crippen molar-refractivity contribution in [2.24, 2.45) is 0 Å². The Bertz CT molecular complexity index is 4810. The molecule has 10 N–H and O–H groups in total. The lowest BCUT2D eigenvalue weighted by Crippen LogP contribution is -2.22. The van der Waals surface area contributed by atoms with Gasteiger partial charge >= 0.3 is 0 Å². The minimum absolute atomic E-state index is 0.00146. The molecule has 4 aliphatic heterocycles. The SMILES string of the molecule is CN1CCC[C@@H]1c1nc2c3c(sc2c(=O)[nH]1)-c1cn[nH]c1CCC3.CN1CCC[C@H]1c1nc2c3c(oc2c(=O)[nH]1)-c1cn[nH]c1CCC3.O=c1[nH]c([C@@H]2CCCN2)nc2c3c(oc12)-c1cn[nH]c1CCC3.O=c1[nH]c([C@H]2CCCN2)nc2c3c(oc12)-c1cn[nH]c1CCC3. The molecule has 4 saturated heterocycles. The molecule has 8 aliphatic rings. The topological polar surface area (TPSA) is 368 Å². The first-order valence-electron chi connectivity index (χ1n) is 33.3. The predicted molar refractivity (Wildman–Crippen MR) is 352 cm³/mol. The van der Waals surface area contributed by atoms with Crippen molar-refractivity contribution in [3.8, 4) is 44.4 Å². The average Bonchev–Trinajstić information content (AvgIpc) is 1.63. The number of rotatable bonds is 4. The van der Waals surface area contributed by atoms with Crippen molar-refractivity contribution in [1.29, 1.82) is 0 Å². The number of aryl methyl sites for hydroxylation is 8. The van der Waals surface area contributed by atoms with Crippen molar-refractivity contribution in [2.45, 2.75) is 153 Å². The van der Waals surface area contributed by atoms with Gasteiger partial charge in [0, 0.05) is 49.9 Å². The molecular formula is C66H72N20O7S. The molecule has 94 heavy (non-hydrogen) atoms. The van der Waals surface area contributed by atoms with Crippen LogP contribution in [-0.4, -0.2) is 131 Å². The van der Waals surface area contributed by atoms with E-state index < -0.39 is 0 Å². The van der Waals surface area contributed by atoms with Gasteiger partial charge in [-0.1, -0.05) is 0 Å². The molecule has 16 heterocycles. The van der Waals surface area contributed by atoms with Gasteiger partial charge in [-0.2, -0.15) is 20.4 Å². The molecule has 484 valence electrons. The smallest absolute Gasteiger partial charge is 0.294 e. The number of thiophene rings is 1. The summed E-state index contributed by atoms with van der Waals surface area (Å²) in [4.78, 5) is 86.9. The van der Waals surface area contributed by atoms with Gasteiger partial charge in [-0.25, -0.2) is 19.9 Å². The highest BCUT2D eigenvalue weighted by Gasteiger charge is 2.34. The Morgan fingerprint density at radius 1 is 0.415 bits per heavy atom. The van der Waals surface area contributed by atoms with Crippen molar-refractivity contribution in [2.75, 3.05) is 40.3 Å². The molecular weight excluding hydrogens is 1220 g/mol. The lowest BCUT2D eigenvalue weighted by molar-refractivity contribution is 0.305. The van der Waals surface area contributed by atoms with E-state index >= 15 is 0 Å². The number of fused-ring (bicyclic) bond motifs is 20. The maximum Gasteiger partial charge on any atom is 0.294 e. The van der Waals surface area contributed by atoms with E-state index in [0.29, 0.717) is 27.8 Å². The van der Waals surface area contributed by atoms with E-state index in [4.69, 9.17) is 33.2 Å². The minimum Gasteiger partial charge on any atom is -0.448 e. The van der Waals surface area contributed by atoms with Crippen LogP contribution in [0.3, 0.4) is 0 Å². The van der Waals surface area contributed by atoms with E-state index in [-0.39, 0.29) is 46.4 Å². The van der Waals surface area contributed by atoms with E-state index in [0.717, 1.165) is 267 Å². The summed E-state index contributed by atoms with van der Waals surface area (Å²) >= 11 is 1.56. The summed E-state index contributed by atoms with van der Waals surface area (Å²) in [7, 11) is 4.18. The van der Waals surface area contributed by atoms with Gasteiger partial charge in [0.1, 0.15) is 61.8 Å². The van der Waals surface area contributed by atoms with E-state index in [2.05, 4.69) is 95.3 Å². The molecule has 0 amide bonds. The average molecular weight is 1290 g/mol. The van der Waals surface area contributed by atoms with Crippen molar-refractivity contribution in [3.05, 3.63) is 135 Å². The molecule has 0 bridgehead atoms. The fourth-order valence-electron chi connectivity index (χ4n) is 15.6. The van der Waals surface area contributed by atoms with Crippen LogP contribution in [0, 0.1) is 0 Å². The second-order valence-electron chi connectivity index (χ2n) is 26.2. The first-order chi connectivity index (χ1) is 46.1. The van der Waals surface area contributed by atoms with E-state index in [9.17, 15) is 19.2 Å². The quantitative estimate of drug-likeness (QED) is 0.0790. The van der Waals surface area contributed by atoms with Gasteiger partial charge in [-0.15, -0.1) is 11.3 Å². The highest BCUT2D eigenvalue weighted by molar-refractivity contribution is 7.22. The van der Waals surface area contributed by atoms with E-state index in [1.807, 2.05) is 6.20 Å². The first-order valence-corrected chi connectivity index (χ1v) is 34.1. The molecule has 4 fully saturated rings. The number of aromatic nitrogens is 16. The Kier molecular flexibility index (Phi) is 14.9. The molecule has 0 radical (unpaired) electrons. The summed E-state index contributed by atoms with van der Waals surface area (Å²) in [6.07, 6.45) is 27.2. The van der Waals surface area contributed by atoms with Crippen LogP contribution in [-0.2, 0) is 51.4 Å². The second-order valence-corrected chi connectivity index (χ2v) is 27.2. The minimum atomic E-state index is -0.197. The molecule has 4 aliphatic carbocycles. The zero-order valence-corrected chi connectivity index (χ0v) is 53.1. The highest BCUT2D eigenvalue weighted by Crippen LogP contribution is 2.44. The largest absolute Gasteiger partial charge is 0.448 e. The van der Waals surface area contributed by atoms with Crippen LogP contribution in [0.2, 0.25) is 0 Å². The molecule has 0 saturated carbocycles. The van der Waals surface area contributed by atoms with Crippen LogP contribution in [0.4, 0.5) is 0 Å². The number of aromatic amines is 8. The summed E-state index contributed by atoms with van der Waals surface area (Å²) in [6.45, 7) is 4.03. The summed E-state index contributed by atoms with van der Waals surface area (Å²) in [5.74, 6) is 5.27. The molecule has 28 heteroatoms. The van der Waals surface area contributed by atoms with Crippen LogP contribution in [0.15, 0.2) is 57.2 Å². The molecule has 12 aromatic heterocycles. The zero-order chi connectivity index (χ0) is 63.3. The van der Waals surface area contributed by atoms with Crippen LogP contribution in [0.5, 0.6) is 0 Å². The zero-order valence-electron chi connectivity index (χ0n) is 52.3. The third-order valence-electron chi connectivity index (χ3n) is 20.4. The first kappa shape index (κ1) is 58.6. The van der Waals surface area contributed by atoms with Gasteiger partial charge in [-0.05, 0) is 174 Å². The molecule has 0 aromatic carbocycles. The summed E-state index contributed by atoms with van der Waals surface area (Å²) in [5.41, 5.74) is 16.2. The number of furan rings is 3. The van der Waals surface area contributed by atoms with Gasteiger partial charge in [0.15, 0.2) is 0 Å². The van der Waals surface area contributed by atoms with Crippen LogP contribution in [0.1, 0.15) is 170 Å². The van der Waals surface area contributed by atoms with Crippen molar-refractivity contribution < 1.29 is 13.3 Å². The fraction of sp³-hybridized carbons (Fsp3) is 0.455. The third-order valence-corrected chi connectivity index (χ3v) is 21.6. The Morgan fingerprint density at radius 3 is 1.19 bits per heavy atom. The number of hydrogen-bond donors (Lipinski definition) is 10.